The van der Waals surface area contributed by atoms with Crippen molar-refractivity contribution in [1.29, 1.82) is 0 Å². The molecule has 0 spiro atoms. The Labute approximate surface area is 140 Å². The highest BCUT2D eigenvalue weighted by molar-refractivity contribution is 6.31. The number of carbonyl (C=O) groups excluding carboxylic acids is 2. The summed E-state index contributed by atoms with van der Waals surface area (Å²) in [5.41, 5.74) is 1.22. The molecule has 1 amide bonds. The first-order valence-corrected chi connectivity index (χ1v) is 7.76. The number of hydrogen-bond donors (Lipinski definition) is 1. The number of ether oxygens (including phenoxy) is 1. The van der Waals surface area contributed by atoms with Gasteiger partial charge in [-0.05, 0) is 31.5 Å². The van der Waals surface area contributed by atoms with E-state index in [9.17, 15) is 9.59 Å². The molecule has 0 aliphatic rings. The average molecular weight is 332 g/mol. The van der Waals surface area contributed by atoms with Gasteiger partial charge in [0.2, 0.25) is 0 Å². The summed E-state index contributed by atoms with van der Waals surface area (Å²) < 4.78 is 5.18. The molecule has 0 aromatic heterocycles. The van der Waals surface area contributed by atoms with E-state index >= 15 is 0 Å². The van der Waals surface area contributed by atoms with Crippen molar-refractivity contribution in [2.45, 2.75) is 26.4 Å². The van der Waals surface area contributed by atoms with Gasteiger partial charge in [0.05, 0.1) is 5.69 Å². The SMILES string of the molecule is CCC(C)OC(=O)Nc1ccc(Cl)cc1C(=O)c1ccccc1. The van der Waals surface area contributed by atoms with E-state index in [1.54, 1.807) is 43.3 Å². The zero-order valence-corrected chi connectivity index (χ0v) is 13.8. The monoisotopic (exact) mass is 331 g/mol. The first-order valence-electron chi connectivity index (χ1n) is 7.38. The fourth-order valence-electron chi connectivity index (χ4n) is 1.96. The molecule has 0 bridgehead atoms. The molecule has 2 aromatic carbocycles. The Morgan fingerprint density at radius 1 is 1.17 bits per heavy atom. The number of anilines is 1. The topological polar surface area (TPSA) is 55.4 Å². The Balaban J connectivity index is 2.27. The van der Waals surface area contributed by atoms with Crippen LogP contribution in [0.15, 0.2) is 48.5 Å². The van der Waals surface area contributed by atoms with E-state index in [2.05, 4.69) is 5.32 Å². The lowest BCUT2D eigenvalue weighted by Crippen LogP contribution is -2.21. The molecule has 0 fully saturated rings. The third-order valence-corrected chi connectivity index (χ3v) is 3.62. The van der Waals surface area contributed by atoms with Gasteiger partial charge < -0.3 is 4.74 Å². The lowest BCUT2D eigenvalue weighted by molar-refractivity contribution is 0.103. The molecule has 0 aliphatic carbocycles. The molecule has 5 heteroatoms. The van der Waals surface area contributed by atoms with Crippen molar-refractivity contribution in [3.8, 4) is 0 Å². The van der Waals surface area contributed by atoms with Gasteiger partial charge in [0.1, 0.15) is 6.10 Å². The summed E-state index contributed by atoms with van der Waals surface area (Å²) in [5, 5.41) is 3.03. The van der Waals surface area contributed by atoms with Gasteiger partial charge in [0.15, 0.2) is 5.78 Å². The molecule has 1 unspecified atom stereocenters. The van der Waals surface area contributed by atoms with Crippen molar-refractivity contribution in [2.24, 2.45) is 0 Å². The maximum atomic E-state index is 12.6. The molecule has 0 radical (unpaired) electrons. The minimum Gasteiger partial charge on any atom is -0.446 e. The molecular formula is C18H18ClNO3. The van der Waals surface area contributed by atoms with E-state index in [1.807, 2.05) is 13.0 Å². The maximum absolute atomic E-state index is 12.6. The molecule has 2 aromatic rings. The second kappa shape index (κ2) is 7.79. The zero-order chi connectivity index (χ0) is 16.8. The lowest BCUT2D eigenvalue weighted by Gasteiger charge is -2.14. The summed E-state index contributed by atoms with van der Waals surface area (Å²) in [6, 6.07) is 13.6. The van der Waals surface area contributed by atoms with Crippen molar-refractivity contribution < 1.29 is 14.3 Å². The number of hydrogen-bond acceptors (Lipinski definition) is 3. The van der Waals surface area contributed by atoms with Crippen LogP contribution in [0.2, 0.25) is 5.02 Å². The summed E-state index contributed by atoms with van der Waals surface area (Å²) in [5.74, 6) is -0.216. The van der Waals surface area contributed by atoms with Crippen LogP contribution in [0, 0.1) is 0 Å². The van der Waals surface area contributed by atoms with Crippen LogP contribution >= 0.6 is 11.6 Å². The van der Waals surface area contributed by atoms with E-state index in [1.165, 1.54) is 6.07 Å². The van der Waals surface area contributed by atoms with Crippen molar-refractivity contribution >= 4 is 29.2 Å². The third-order valence-electron chi connectivity index (χ3n) is 3.38. The Hall–Kier alpha value is -2.33. The normalized spacial score (nSPS) is 11.6. The smallest absolute Gasteiger partial charge is 0.411 e. The second-order valence-electron chi connectivity index (χ2n) is 5.13. The summed E-state index contributed by atoms with van der Waals surface area (Å²) in [4.78, 5) is 24.5. The number of halogens is 1. The van der Waals surface area contributed by atoms with Crippen molar-refractivity contribution in [3.05, 3.63) is 64.7 Å². The van der Waals surface area contributed by atoms with Crippen molar-refractivity contribution in [2.75, 3.05) is 5.32 Å². The number of carbonyl (C=O) groups is 2. The molecule has 0 saturated carbocycles. The minimum atomic E-state index is -0.594. The van der Waals surface area contributed by atoms with Gasteiger partial charge in [-0.2, -0.15) is 0 Å². The Kier molecular flexibility index (Phi) is 5.77. The van der Waals surface area contributed by atoms with Crippen LogP contribution in [-0.2, 0) is 4.74 Å². The van der Waals surface area contributed by atoms with Gasteiger partial charge in [-0.25, -0.2) is 4.79 Å². The van der Waals surface area contributed by atoms with Gasteiger partial charge in [0, 0.05) is 16.1 Å². The minimum absolute atomic E-state index is 0.199. The van der Waals surface area contributed by atoms with Gasteiger partial charge in [-0.1, -0.05) is 48.9 Å². The quantitative estimate of drug-likeness (QED) is 0.791. The summed E-state index contributed by atoms with van der Waals surface area (Å²) >= 11 is 6.00. The first kappa shape index (κ1) is 17.0. The molecule has 1 atom stereocenters. The molecule has 0 aliphatic heterocycles. The van der Waals surface area contributed by atoms with E-state index < -0.39 is 6.09 Å². The zero-order valence-electron chi connectivity index (χ0n) is 13.0. The number of nitrogens with one attached hydrogen (secondary N) is 1. The number of benzene rings is 2. The maximum Gasteiger partial charge on any atom is 0.411 e. The fraction of sp³-hybridized carbons (Fsp3) is 0.222. The molecule has 2 rings (SSSR count). The number of rotatable bonds is 5. The summed E-state index contributed by atoms with van der Waals surface area (Å²) in [6.07, 6.45) is -0.0801. The molecule has 120 valence electrons. The standard InChI is InChI=1S/C18H18ClNO3/c1-3-12(2)23-18(22)20-16-10-9-14(19)11-15(16)17(21)13-7-5-4-6-8-13/h4-12H,3H2,1-2H3,(H,20,22). The van der Waals surface area contributed by atoms with Crippen molar-refractivity contribution in [1.82, 2.24) is 0 Å². The van der Waals surface area contributed by atoms with Crippen molar-refractivity contribution in [3.63, 3.8) is 0 Å². The molecule has 1 N–H and O–H groups in total. The van der Waals surface area contributed by atoms with E-state index in [0.29, 0.717) is 28.3 Å². The highest BCUT2D eigenvalue weighted by Crippen LogP contribution is 2.24. The van der Waals surface area contributed by atoms with Crippen LogP contribution in [-0.4, -0.2) is 18.0 Å². The van der Waals surface area contributed by atoms with Gasteiger partial charge in [-0.15, -0.1) is 0 Å². The Bertz CT molecular complexity index is 701. The molecule has 23 heavy (non-hydrogen) atoms. The van der Waals surface area contributed by atoms with Gasteiger partial charge >= 0.3 is 6.09 Å². The Morgan fingerprint density at radius 2 is 1.87 bits per heavy atom. The lowest BCUT2D eigenvalue weighted by atomic mass is 10.0. The predicted molar refractivity (Wildman–Crippen MR) is 91.2 cm³/mol. The molecular weight excluding hydrogens is 314 g/mol. The van der Waals surface area contributed by atoms with Crippen LogP contribution in [0.1, 0.15) is 36.2 Å². The largest absolute Gasteiger partial charge is 0.446 e. The van der Waals surface area contributed by atoms with Crippen LogP contribution in [0.3, 0.4) is 0 Å². The van der Waals surface area contributed by atoms with Crippen LogP contribution < -0.4 is 5.32 Å². The number of ketones is 1. The predicted octanol–water partition coefficient (Wildman–Crippen LogP) is 4.92. The summed E-state index contributed by atoms with van der Waals surface area (Å²) in [6.45, 7) is 3.72. The third kappa shape index (κ3) is 4.57. The van der Waals surface area contributed by atoms with E-state index in [-0.39, 0.29) is 11.9 Å². The van der Waals surface area contributed by atoms with Gasteiger partial charge in [0.25, 0.3) is 0 Å². The first-order chi connectivity index (χ1) is 11.0. The second-order valence-corrected chi connectivity index (χ2v) is 5.57. The fourth-order valence-corrected chi connectivity index (χ4v) is 2.14. The molecule has 4 nitrogen and oxygen atoms in total. The highest BCUT2D eigenvalue weighted by atomic mass is 35.5. The number of amides is 1. The average Bonchev–Trinajstić information content (AvgIpc) is 2.56. The molecule has 0 heterocycles. The van der Waals surface area contributed by atoms with Crippen LogP contribution in [0.4, 0.5) is 10.5 Å². The van der Waals surface area contributed by atoms with Crippen LogP contribution in [0.25, 0.3) is 0 Å². The van der Waals surface area contributed by atoms with Crippen LogP contribution in [0.5, 0.6) is 0 Å². The summed E-state index contributed by atoms with van der Waals surface area (Å²) in [7, 11) is 0. The van der Waals surface area contributed by atoms with E-state index in [4.69, 9.17) is 16.3 Å². The van der Waals surface area contributed by atoms with E-state index in [0.717, 1.165) is 0 Å². The molecule has 0 saturated heterocycles. The highest BCUT2D eigenvalue weighted by Gasteiger charge is 2.17. The Morgan fingerprint density at radius 3 is 2.52 bits per heavy atom. The van der Waals surface area contributed by atoms with Gasteiger partial charge in [-0.3, -0.25) is 10.1 Å².